The molecule has 0 aromatic carbocycles. The number of hydrogen-bond acceptors (Lipinski definition) is 3. The number of fused-ring (bicyclic) bond motifs is 1. The van der Waals surface area contributed by atoms with Crippen LogP contribution in [0.5, 0.6) is 0 Å². The van der Waals surface area contributed by atoms with Gasteiger partial charge in [-0.1, -0.05) is 11.6 Å². The smallest absolute Gasteiger partial charge is 0.246 e. The summed E-state index contributed by atoms with van der Waals surface area (Å²) in [7, 11) is 0. The van der Waals surface area contributed by atoms with Gasteiger partial charge in [-0.25, -0.2) is 4.98 Å². The fraction of sp³-hybridized carbons (Fsp3) is 0.385. The zero-order chi connectivity index (χ0) is 13.2. The van der Waals surface area contributed by atoms with Gasteiger partial charge in [-0.3, -0.25) is 9.20 Å². The number of carbonyl (C=O) groups is 1. The van der Waals surface area contributed by atoms with Crippen molar-refractivity contribution in [2.45, 2.75) is 19.3 Å². The van der Waals surface area contributed by atoms with Crippen molar-refractivity contribution in [2.75, 3.05) is 13.1 Å². The molecule has 19 heavy (non-hydrogen) atoms. The molecule has 6 heteroatoms. The number of carbonyl (C=O) groups excluding carboxylic acids is 1. The molecule has 0 radical (unpaired) electrons. The Hall–Kier alpha value is -1.33. The molecule has 1 amide bonds. The van der Waals surface area contributed by atoms with E-state index in [2.05, 4.69) is 4.98 Å². The highest BCUT2D eigenvalue weighted by molar-refractivity contribution is 7.15. The quantitative estimate of drug-likeness (QED) is 0.799. The van der Waals surface area contributed by atoms with Gasteiger partial charge in [0.2, 0.25) is 5.91 Å². The van der Waals surface area contributed by atoms with Crippen LogP contribution in [0.3, 0.4) is 0 Å². The largest absolute Gasteiger partial charge is 0.339 e. The van der Waals surface area contributed by atoms with Gasteiger partial charge in [-0.05, 0) is 25.3 Å². The average Bonchev–Trinajstić information content (AvgIpc) is 2.98. The summed E-state index contributed by atoms with van der Waals surface area (Å²) in [5, 5.41) is 2.39. The molecule has 1 fully saturated rings. The molecule has 0 bridgehead atoms. The van der Waals surface area contributed by atoms with E-state index in [1.54, 1.807) is 12.2 Å². The Morgan fingerprint density at radius 2 is 2.16 bits per heavy atom. The summed E-state index contributed by atoms with van der Waals surface area (Å²) in [6, 6.07) is 0. The van der Waals surface area contributed by atoms with Crippen LogP contribution in [0.1, 0.15) is 25.0 Å². The van der Waals surface area contributed by atoms with Crippen LogP contribution in [0, 0.1) is 0 Å². The lowest BCUT2D eigenvalue weighted by Crippen LogP contribution is -2.34. The second kappa shape index (κ2) is 5.35. The minimum absolute atomic E-state index is 0.0564. The minimum atomic E-state index is 0.0564. The lowest BCUT2D eigenvalue weighted by Gasteiger charge is -2.25. The van der Waals surface area contributed by atoms with Crippen LogP contribution in [-0.4, -0.2) is 33.3 Å². The van der Waals surface area contributed by atoms with Crippen molar-refractivity contribution in [1.82, 2.24) is 14.3 Å². The van der Waals surface area contributed by atoms with E-state index < -0.39 is 0 Å². The molecule has 0 spiro atoms. The molecule has 0 N–H and O–H groups in total. The van der Waals surface area contributed by atoms with Gasteiger partial charge >= 0.3 is 0 Å². The molecule has 4 nitrogen and oxygen atoms in total. The maximum Gasteiger partial charge on any atom is 0.246 e. The molecule has 0 unspecified atom stereocenters. The number of halogens is 1. The number of nitrogens with zero attached hydrogens (tertiary/aromatic N) is 3. The molecule has 0 aliphatic carbocycles. The lowest BCUT2D eigenvalue weighted by atomic mass is 10.1. The van der Waals surface area contributed by atoms with E-state index in [0.29, 0.717) is 5.15 Å². The third-order valence-electron chi connectivity index (χ3n) is 3.31. The highest BCUT2D eigenvalue weighted by Crippen LogP contribution is 2.22. The van der Waals surface area contributed by atoms with Gasteiger partial charge in [0.1, 0.15) is 0 Å². The molecule has 1 aliphatic rings. The number of hydrogen-bond donors (Lipinski definition) is 0. The molecule has 2 aromatic rings. The van der Waals surface area contributed by atoms with Crippen LogP contribution in [-0.2, 0) is 4.79 Å². The Morgan fingerprint density at radius 3 is 2.95 bits per heavy atom. The molecule has 100 valence electrons. The molecular weight excluding hydrogens is 282 g/mol. The third-order valence-corrected chi connectivity index (χ3v) is 4.34. The number of thiazole rings is 1. The molecular formula is C13H14ClN3OS. The highest BCUT2D eigenvalue weighted by atomic mass is 35.5. The summed E-state index contributed by atoms with van der Waals surface area (Å²) in [5.74, 6) is 0.0564. The van der Waals surface area contributed by atoms with Crippen LogP contribution in [0.15, 0.2) is 17.7 Å². The molecule has 1 saturated heterocycles. The molecule has 3 rings (SSSR count). The second-order valence-corrected chi connectivity index (χ2v) is 5.79. The number of imidazole rings is 1. The summed E-state index contributed by atoms with van der Waals surface area (Å²) >= 11 is 7.60. The fourth-order valence-electron chi connectivity index (χ4n) is 2.30. The molecule has 0 saturated carbocycles. The number of piperidine rings is 1. The first-order valence-corrected chi connectivity index (χ1v) is 7.59. The van der Waals surface area contributed by atoms with Crippen LogP contribution in [0.2, 0.25) is 5.15 Å². The zero-order valence-electron chi connectivity index (χ0n) is 10.4. The molecule has 3 heterocycles. The maximum atomic E-state index is 12.0. The number of likely N-dealkylation sites (tertiary alicyclic amines) is 1. The first-order chi connectivity index (χ1) is 9.25. The standard InChI is InChI=1S/C13H14ClN3OS/c14-12-10(17-8-9-19-13(17)15-12)4-5-11(18)16-6-2-1-3-7-16/h4-5,8-9H,1-3,6-7H2. The molecule has 0 atom stereocenters. The Morgan fingerprint density at radius 1 is 1.37 bits per heavy atom. The minimum Gasteiger partial charge on any atom is -0.339 e. The fourth-order valence-corrected chi connectivity index (χ4v) is 3.30. The van der Waals surface area contributed by atoms with Crippen molar-refractivity contribution < 1.29 is 4.79 Å². The summed E-state index contributed by atoms with van der Waals surface area (Å²) in [6.07, 6.45) is 8.68. The Labute approximate surface area is 120 Å². The summed E-state index contributed by atoms with van der Waals surface area (Å²) < 4.78 is 1.90. The van der Waals surface area contributed by atoms with Crippen LogP contribution in [0.25, 0.3) is 11.0 Å². The predicted molar refractivity (Wildman–Crippen MR) is 77.5 cm³/mol. The highest BCUT2D eigenvalue weighted by Gasteiger charge is 2.14. The van der Waals surface area contributed by atoms with Crippen molar-refractivity contribution in [1.29, 1.82) is 0 Å². The molecule has 2 aromatic heterocycles. The Balaban J connectivity index is 1.79. The normalized spacial score (nSPS) is 16.6. The van der Waals surface area contributed by atoms with Gasteiger partial charge in [-0.2, -0.15) is 0 Å². The summed E-state index contributed by atoms with van der Waals surface area (Å²) in [5.41, 5.74) is 0.767. The average molecular weight is 296 g/mol. The first kappa shape index (κ1) is 12.7. The second-order valence-electron chi connectivity index (χ2n) is 4.56. The zero-order valence-corrected chi connectivity index (χ0v) is 12.0. The maximum absolute atomic E-state index is 12.0. The van der Waals surface area contributed by atoms with Gasteiger partial charge in [0, 0.05) is 30.7 Å². The third kappa shape index (κ3) is 2.53. The van der Waals surface area contributed by atoms with Crippen LogP contribution < -0.4 is 0 Å². The molecule has 1 aliphatic heterocycles. The summed E-state index contributed by atoms with van der Waals surface area (Å²) in [4.78, 5) is 19.0. The SMILES string of the molecule is O=C(C=Cc1c(Cl)nc2sccn12)N1CCCCC1. The van der Waals surface area contributed by atoms with E-state index in [1.165, 1.54) is 17.8 Å². The van der Waals surface area contributed by atoms with E-state index in [4.69, 9.17) is 11.6 Å². The van der Waals surface area contributed by atoms with E-state index >= 15 is 0 Å². The van der Waals surface area contributed by atoms with Crippen LogP contribution >= 0.6 is 22.9 Å². The number of aromatic nitrogens is 2. The van der Waals surface area contributed by atoms with Gasteiger partial charge in [-0.15, -0.1) is 11.3 Å². The monoisotopic (exact) mass is 295 g/mol. The van der Waals surface area contributed by atoms with Crippen molar-refractivity contribution in [3.8, 4) is 0 Å². The van der Waals surface area contributed by atoms with Crippen molar-refractivity contribution in [2.24, 2.45) is 0 Å². The van der Waals surface area contributed by atoms with E-state index in [0.717, 1.165) is 36.6 Å². The van der Waals surface area contributed by atoms with Crippen molar-refractivity contribution in [3.05, 3.63) is 28.5 Å². The van der Waals surface area contributed by atoms with Crippen molar-refractivity contribution >= 4 is 39.9 Å². The first-order valence-electron chi connectivity index (χ1n) is 6.34. The topological polar surface area (TPSA) is 37.6 Å². The van der Waals surface area contributed by atoms with Crippen LogP contribution in [0.4, 0.5) is 0 Å². The number of amides is 1. The predicted octanol–water partition coefficient (Wildman–Crippen LogP) is 3.07. The van der Waals surface area contributed by atoms with Gasteiger partial charge in [0.15, 0.2) is 10.1 Å². The lowest BCUT2D eigenvalue weighted by molar-refractivity contribution is -0.126. The Kier molecular flexibility index (Phi) is 3.57. The van der Waals surface area contributed by atoms with Gasteiger partial charge < -0.3 is 4.90 Å². The number of rotatable bonds is 2. The van der Waals surface area contributed by atoms with Gasteiger partial charge in [0.05, 0.1) is 5.69 Å². The Bertz CT molecular complexity index is 625. The van der Waals surface area contributed by atoms with E-state index in [-0.39, 0.29) is 5.91 Å². The van der Waals surface area contributed by atoms with E-state index in [9.17, 15) is 4.79 Å². The van der Waals surface area contributed by atoms with Gasteiger partial charge in [0.25, 0.3) is 0 Å². The summed E-state index contributed by atoms with van der Waals surface area (Å²) in [6.45, 7) is 1.72. The van der Waals surface area contributed by atoms with Crippen molar-refractivity contribution in [3.63, 3.8) is 0 Å². The van der Waals surface area contributed by atoms with E-state index in [1.807, 2.05) is 20.9 Å².